The second-order valence-corrected chi connectivity index (χ2v) is 5.53. The molecule has 0 bridgehead atoms. The normalized spacial score (nSPS) is 11.0. The summed E-state index contributed by atoms with van der Waals surface area (Å²) in [4.78, 5) is 16.7. The molecule has 2 rings (SSSR count). The maximum absolute atomic E-state index is 12.5. The fraction of sp³-hybridized carbons (Fsp3) is 0.294. The van der Waals surface area contributed by atoms with E-state index in [0.717, 1.165) is 16.9 Å². The summed E-state index contributed by atoms with van der Waals surface area (Å²) in [5, 5.41) is 2.86. The predicted octanol–water partition coefficient (Wildman–Crippen LogP) is 3.31. The third-order valence-corrected chi connectivity index (χ3v) is 3.53. The number of nitrogens with one attached hydrogen (secondary N) is 1. The van der Waals surface area contributed by atoms with E-state index in [4.69, 9.17) is 4.74 Å². The summed E-state index contributed by atoms with van der Waals surface area (Å²) in [6, 6.07) is 11.2. The third kappa shape index (κ3) is 3.40. The summed E-state index contributed by atoms with van der Waals surface area (Å²) < 4.78 is 5.14. The van der Waals surface area contributed by atoms with E-state index < -0.39 is 5.41 Å². The molecule has 0 atom stereocenters. The zero-order valence-corrected chi connectivity index (χ0v) is 12.8. The predicted molar refractivity (Wildman–Crippen MR) is 83.6 cm³/mol. The van der Waals surface area contributed by atoms with Crippen LogP contribution in [-0.2, 0) is 10.2 Å². The van der Waals surface area contributed by atoms with Crippen LogP contribution in [0, 0.1) is 6.92 Å². The number of nitrogens with zero attached hydrogens (tertiary/aromatic N) is 1. The molecule has 1 amide bonds. The van der Waals surface area contributed by atoms with Crippen LogP contribution in [-0.4, -0.2) is 18.0 Å². The van der Waals surface area contributed by atoms with Gasteiger partial charge in [-0.15, -0.1) is 0 Å². The van der Waals surface area contributed by atoms with Crippen LogP contribution in [0.2, 0.25) is 0 Å². The van der Waals surface area contributed by atoms with Gasteiger partial charge in [-0.1, -0.05) is 18.2 Å². The van der Waals surface area contributed by atoms with Gasteiger partial charge >= 0.3 is 0 Å². The van der Waals surface area contributed by atoms with Crippen molar-refractivity contribution >= 4 is 11.7 Å². The molecule has 4 nitrogen and oxygen atoms in total. The number of hydrogen-bond donors (Lipinski definition) is 1. The molecule has 110 valence electrons. The van der Waals surface area contributed by atoms with Crippen LogP contribution in [0.1, 0.15) is 25.0 Å². The van der Waals surface area contributed by atoms with Gasteiger partial charge in [0.25, 0.3) is 0 Å². The molecule has 4 heteroatoms. The maximum atomic E-state index is 12.5. The second-order valence-electron chi connectivity index (χ2n) is 5.53. The molecule has 1 aromatic carbocycles. The molecule has 0 spiro atoms. The highest BCUT2D eigenvalue weighted by atomic mass is 16.5. The lowest BCUT2D eigenvalue weighted by atomic mass is 9.83. The molecule has 0 radical (unpaired) electrons. The van der Waals surface area contributed by atoms with Crippen LogP contribution in [0.15, 0.2) is 42.6 Å². The summed E-state index contributed by atoms with van der Waals surface area (Å²) in [5.41, 5.74) is 1.33. The maximum Gasteiger partial charge on any atom is 0.235 e. The van der Waals surface area contributed by atoms with Gasteiger partial charge in [-0.25, -0.2) is 4.98 Å². The molecule has 0 aliphatic heterocycles. The second kappa shape index (κ2) is 5.95. The summed E-state index contributed by atoms with van der Waals surface area (Å²) in [6.45, 7) is 5.73. The van der Waals surface area contributed by atoms with Crippen molar-refractivity contribution in [3.05, 3.63) is 53.7 Å². The number of aryl methyl sites for hydroxylation is 1. The van der Waals surface area contributed by atoms with E-state index in [2.05, 4.69) is 10.3 Å². The molecule has 2 aromatic rings. The minimum Gasteiger partial charge on any atom is -0.497 e. The molecule has 1 aromatic heterocycles. The lowest BCUT2D eigenvalue weighted by molar-refractivity contribution is -0.120. The number of carbonyl (C=O) groups excluding carboxylic acids is 1. The SMILES string of the molecule is COc1ccc(C(C)(C)C(=O)Nc2ccc(C)cn2)cc1. The number of benzene rings is 1. The molecule has 0 aliphatic rings. The fourth-order valence-corrected chi connectivity index (χ4v) is 1.95. The number of anilines is 1. The van der Waals surface area contributed by atoms with Crippen LogP contribution < -0.4 is 10.1 Å². The highest BCUT2D eigenvalue weighted by Gasteiger charge is 2.30. The number of pyridine rings is 1. The first kappa shape index (κ1) is 15.0. The van der Waals surface area contributed by atoms with Gasteiger partial charge in [0.2, 0.25) is 5.91 Å². The highest BCUT2D eigenvalue weighted by Crippen LogP contribution is 2.26. The first-order chi connectivity index (χ1) is 9.93. The van der Waals surface area contributed by atoms with Crippen LogP contribution >= 0.6 is 0 Å². The zero-order chi connectivity index (χ0) is 15.5. The van der Waals surface area contributed by atoms with Gasteiger partial charge in [-0.3, -0.25) is 4.79 Å². The first-order valence-electron chi connectivity index (χ1n) is 6.82. The Kier molecular flexibility index (Phi) is 4.26. The van der Waals surface area contributed by atoms with E-state index in [0.29, 0.717) is 5.82 Å². The monoisotopic (exact) mass is 284 g/mol. The van der Waals surface area contributed by atoms with Gasteiger partial charge in [0.1, 0.15) is 11.6 Å². The van der Waals surface area contributed by atoms with E-state index in [1.807, 2.05) is 51.1 Å². The molecule has 1 heterocycles. The first-order valence-corrected chi connectivity index (χ1v) is 6.82. The molecule has 0 saturated heterocycles. The van der Waals surface area contributed by atoms with Crippen molar-refractivity contribution in [2.75, 3.05) is 12.4 Å². The minimum atomic E-state index is -0.654. The quantitative estimate of drug-likeness (QED) is 0.937. The molecule has 0 unspecified atom stereocenters. The van der Waals surface area contributed by atoms with E-state index >= 15 is 0 Å². The topological polar surface area (TPSA) is 51.2 Å². The Bertz CT molecular complexity index is 616. The smallest absolute Gasteiger partial charge is 0.235 e. The summed E-state index contributed by atoms with van der Waals surface area (Å²) in [5.74, 6) is 1.24. The van der Waals surface area contributed by atoms with Crippen LogP contribution in [0.25, 0.3) is 0 Å². The van der Waals surface area contributed by atoms with E-state index in [1.165, 1.54) is 0 Å². The van der Waals surface area contributed by atoms with Crippen molar-refractivity contribution in [1.82, 2.24) is 4.98 Å². The van der Waals surface area contributed by atoms with Crippen molar-refractivity contribution in [2.24, 2.45) is 0 Å². The van der Waals surface area contributed by atoms with Crippen molar-refractivity contribution in [1.29, 1.82) is 0 Å². The van der Waals surface area contributed by atoms with Crippen molar-refractivity contribution < 1.29 is 9.53 Å². The Morgan fingerprint density at radius 2 is 1.81 bits per heavy atom. The van der Waals surface area contributed by atoms with Gasteiger partial charge in [0, 0.05) is 6.20 Å². The largest absolute Gasteiger partial charge is 0.497 e. The lowest BCUT2D eigenvalue weighted by Crippen LogP contribution is -2.34. The van der Waals surface area contributed by atoms with Crippen molar-refractivity contribution in [3.8, 4) is 5.75 Å². The number of amides is 1. The van der Waals surface area contributed by atoms with Crippen LogP contribution in [0.3, 0.4) is 0 Å². The Morgan fingerprint density at radius 3 is 2.33 bits per heavy atom. The summed E-state index contributed by atoms with van der Waals surface area (Å²) in [6.07, 6.45) is 1.73. The van der Waals surface area contributed by atoms with Gasteiger partial charge in [0.15, 0.2) is 0 Å². The fourth-order valence-electron chi connectivity index (χ4n) is 1.95. The molecule has 0 fully saturated rings. The standard InChI is InChI=1S/C17H20N2O2/c1-12-5-10-15(18-11-12)19-16(20)17(2,3)13-6-8-14(21-4)9-7-13/h5-11H,1-4H3,(H,18,19,20). The average Bonchev–Trinajstić information content (AvgIpc) is 2.49. The van der Waals surface area contributed by atoms with E-state index in [-0.39, 0.29) is 5.91 Å². The summed E-state index contributed by atoms with van der Waals surface area (Å²) in [7, 11) is 1.62. The molecular weight excluding hydrogens is 264 g/mol. The number of ether oxygens (including phenoxy) is 1. The Hall–Kier alpha value is -2.36. The Balaban J connectivity index is 2.17. The molecule has 0 aliphatic carbocycles. The highest BCUT2D eigenvalue weighted by molar-refractivity contribution is 5.97. The van der Waals surface area contributed by atoms with E-state index in [1.54, 1.807) is 19.4 Å². The number of methoxy groups -OCH3 is 1. The van der Waals surface area contributed by atoms with Gasteiger partial charge in [-0.2, -0.15) is 0 Å². The van der Waals surface area contributed by atoms with Gasteiger partial charge in [-0.05, 0) is 50.1 Å². The zero-order valence-electron chi connectivity index (χ0n) is 12.8. The Labute approximate surface area is 125 Å². The summed E-state index contributed by atoms with van der Waals surface area (Å²) >= 11 is 0. The minimum absolute atomic E-state index is 0.0935. The third-order valence-electron chi connectivity index (χ3n) is 3.53. The Morgan fingerprint density at radius 1 is 1.14 bits per heavy atom. The molecule has 21 heavy (non-hydrogen) atoms. The van der Waals surface area contributed by atoms with Crippen molar-refractivity contribution in [3.63, 3.8) is 0 Å². The van der Waals surface area contributed by atoms with Gasteiger partial charge < -0.3 is 10.1 Å². The number of rotatable bonds is 4. The molecule has 1 N–H and O–H groups in total. The van der Waals surface area contributed by atoms with Crippen LogP contribution in [0.4, 0.5) is 5.82 Å². The van der Waals surface area contributed by atoms with Crippen molar-refractivity contribution in [2.45, 2.75) is 26.2 Å². The number of aromatic nitrogens is 1. The lowest BCUT2D eigenvalue weighted by Gasteiger charge is -2.24. The molecule has 0 saturated carbocycles. The van der Waals surface area contributed by atoms with E-state index in [9.17, 15) is 4.79 Å². The average molecular weight is 284 g/mol. The van der Waals surface area contributed by atoms with Crippen LogP contribution in [0.5, 0.6) is 5.75 Å². The molecular formula is C17H20N2O2. The van der Waals surface area contributed by atoms with Gasteiger partial charge in [0.05, 0.1) is 12.5 Å². The number of carbonyl (C=O) groups is 1. The number of hydrogen-bond acceptors (Lipinski definition) is 3.